The van der Waals surface area contributed by atoms with Gasteiger partial charge >= 0.3 is 0 Å². The fourth-order valence-corrected chi connectivity index (χ4v) is 3.26. The Kier molecular flexibility index (Phi) is 5.43. The summed E-state index contributed by atoms with van der Waals surface area (Å²) in [6.45, 7) is 2.71. The van der Waals surface area contributed by atoms with Crippen LogP contribution in [0.3, 0.4) is 0 Å². The molecule has 0 saturated carbocycles. The van der Waals surface area contributed by atoms with Crippen molar-refractivity contribution in [3.05, 3.63) is 47.2 Å². The normalized spacial score (nSPS) is 15.2. The van der Waals surface area contributed by atoms with Crippen molar-refractivity contribution >= 4 is 17.5 Å². The van der Waals surface area contributed by atoms with E-state index in [4.69, 9.17) is 16.3 Å². The summed E-state index contributed by atoms with van der Waals surface area (Å²) in [5.41, 5.74) is 1.25. The van der Waals surface area contributed by atoms with Crippen LogP contribution in [0.2, 0.25) is 5.02 Å². The van der Waals surface area contributed by atoms with Crippen molar-refractivity contribution in [1.82, 2.24) is 15.2 Å². The van der Waals surface area contributed by atoms with E-state index in [1.54, 1.807) is 19.2 Å². The monoisotopic (exact) mass is 347 g/mol. The first kappa shape index (κ1) is 16.9. The van der Waals surface area contributed by atoms with E-state index >= 15 is 0 Å². The molecule has 2 N–H and O–H groups in total. The average Bonchev–Trinajstić information content (AvgIpc) is 3.14. The molecular weight excluding hydrogens is 326 g/mol. The lowest BCUT2D eigenvalue weighted by atomic mass is 9.98. The summed E-state index contributed by atoms with van der Waals surface area (Å²) in [4.78, 5) is 12.5. The van der Waals surface area contributed by atoms with Gasteiger partial charge in [0.25, 0.3) is 5.91 Å². The standard InChI is InChI=1S/C18H22ClN3O2/c1-24-17-11-16(22-8-2-3-9-22)15(19)10-14(17)18(23)21-12-13-4-6-20-7-5-13/h2-3,8-11,13,20H,4-7,12H2,1H3,(H,21,23). The molecule has 24 heavy (non-hydrogen) atoms. The third kappa shape index (κ3) is 3.74. The molecular formula is C18H22ClN3O2. The Morgan fingerprint density at radius 3 is 2.71 bits per heavy atom. The van der Waals surface area contributed by atoms with Crippen LogP contribution in [0.5, 0.6) is 5.75 Å². The van der Waals surface area contributed by atoms with E-state index in [-0.39, 0.29) is 5.91 Å². The summed E-state index contributed by atoms with van der Waals surface area (Å²) in [5, 5.41) is 6.85. The minimum absolute atomic E-state index is 0.147. The Bertz CT molecular complexity index is 695. The lowest BCUT2D eigenvalue weighted by Gasteiger charge is -2.23. The van der Waals surface area contributed by atoms with Gasteiger partial charge in [-0.25, -0.2) is 0 Å². The molecule has 3 rings (SSSR count). The Balaban J connectivity index is 1.76. The SMILES string of the molecule is COc1cc(-n2cccc2)c(Cl)cc1C(=O)NCC1CCNCC1. The number of piperidine rings is 1. The van der Waals surface area contributed by atoms with E-state index in [2.05, 4.69) is 10.6 Å². The first-order valence-corrected chi connectivity index (χ1v) is 8.56. The number of amides is 1. The van der Waals surface area contributed by atoms with Gasteiger partial charge in [0.2, 0.25) is 0 Å². The van der Waals surface area contributed by atoms with Crippen LogP contribution in [-0.2, 0) is 0 Å². The van der Waals surface area contributed by atoms with Crippen molar-refractivity contribution in [3.63, 3.8) is 0 Å². The maximum Gasteiger partial charge on any atom is 0.255 e. The van der Waals surface area contributed by atoms with Crippen LogP contribution in [0.15, 0.2) is 36.7 Å². The van der Waals surface area contributed by atoms with Gasteiger partial charge in [-0.2, -0.15) is 0 Å². The van der Waals surface area contributed by atoms with Gasteiger partial charge in [0.15, 0.2) is 0 Å². The number of rotatable bonds is 5. The van der Waals surface area contributed by atoms with Crippen molar-refractivity contribution in [3.8, 4) is 11.4 Å². The molecule has 0 atom stereocenters. The Morgan fingerprint density at radius 1 is 1.33 bits per heavy atom. The highest BCUT2D eigenvalue weighted by Crippen LogP contribution is 2.30. The minimum atomic E-state index is -0.147. The van der Waals surface area contributed by atoms with Crippen molar-refractivity contribution in [2.45, 2.75) is 12.8 Å². The highest BCUT2D eigenvalue weighted by molar-refractivity contribution is 6.33. The number of nitrogens with zero attached hydrogens (tertiary/aromatic N) is 1. The third-order valence-electron chi connectivity index (χ3n) is 4.41. The molecule has 2 aromatic rings. The number of carbonyl (C=O) groups excluding carboxylic acids is 1. The van der Waals surface area contributed by atoms with Gasteiger partial charge in [0, 0.05) is 25.0 Å². The van der Waals surface area contributed by atoms with Crippen molar-refractivity contribution < 1.29 is 9.53 Å². The molecule has 1 fully saturated rings. The smallest absolute Gasteiger partial charge is 0.255 e. The third-order valence-corrected chi connectivity index (χ3v) is 4.71. The molecule has 1 aromatic carbocycles. The first-order valence-electron chi connectivity index (χ1n) is 8.19. The number of benzene rings is 1. The number of carbonyl (C=O) groups is 1. The van der Waals surface area contributed by atoms with Crippen LogP contribution < -0.4 is 15.4 Å². The molecule has 0 aliphatic carbocycles. The molecule has 0 bridgehead atoms. The van der Waals surface area contributed by atoms with Crippen LogP contribution in [-0.4, -0.2) is 37.2 Å². The molecule has 6 heteroatoms. The molecule has 0 spiro atoms. The predicted octanol–water partition coefficient (Wildman–Crippen LogP) is 2.87. The zero-order chi connectivity index (χ0) is 16.9. The van der Waals surface area contributed by atoms with E-state index in [0.29, 0.717) is 28.8 Å². The van der Waals surface area contributed by atoms with Crippen molar-refractivity contribution in [2.75, 3.05) is 26.7 Å². The molecule has 0 unspecified atom stereocenters. The van der Waals surface area contributed by atoms with Crippen LogP contribution >= 0.6 is 11.6 Å². The van der Waals surface area contributed by atoms with E-state index in [9.17, 15) is 4.79 Å². The van der Waals surface area contributed by atoms with Gasteiger partial charge in [-0.1, -0.05) is 11.6 Å². The number of halogens is 1. The van der Waals surface area contributed by atoms with Crippen molar-refractivity contribution in [1.29, 1.82) is 0 Å². The maximum absolute atomic E-state index is 12.5. The predicted molar refractivity (Wildman–Crippen MR) is 95.3 cm³/mol. The summed E-state index contributed by atoms with van der Waals surface area (Å²) in [6.07, 6.45) is 5.98. The topological polar surface area (TPSA) is 55.3 Å². The molecule has 128 valence electrons. The van der Waals surface area contributed by atoms with Gasteiger partial charge in [-0.15, -0.1) is 0 Å². The maximum atomic E-state index is 12.5. The molecule has 5 nitrogen and oxygen atoms in total. The second kappa shape index (κ2) is 7.73. The molecule has 1 aliphatic rings. The molecule has 1 amide bonds. The van der Waals surface area contributed by atoms with Gasteiger partial charge in [-0.05, 0) is 50.0 Å². The van der Waals surface area contributed by atoms with Crippen LogP contribution in [0, 0.1) is 5.92 Å². The van der Waals surface area contributed by atoms with Crippen LogP contribution in [0.1, 0.15) is 23.2 Å². The molecule has 1 aromatic heterocycles. The van der Waals surface area contributed by atoms with Crippen molar-refractivity contribution in [2.24, 2.45) is 5.92 Å². The van der Waals surface area contributed by atoms with Gasteiger partial charge in [0.1, 0.15) is 5.75 Å². The number of ether oxygens (including phenoxy) is 1. The summed E-state index contributed by atoms with van der Waals surface area (Å²) < 4.78 is 7.30. The highest BCUT2D eigenvalue weighted by atomic mass is 35.5. The fraction of sp³-hybridized carbons (Fsp3) is 0.389. The Labute approximate surface area is 146 Å². The van der Waals surface area contributed by atoms with Crippen LogP contribution in [0.25, 0.3) is 5.69 Å². The first-order chi connectivity index (χ1) is 11.7. The number of hydrogen-bond acceptors (Lipinski definition) is 3. The zero-order valence-electron chi connectivity index (χ0n) is 13.7. The largest absolute Gasteiger partial charge is 0.496 e. The lowest BCUT2D eigenvalue weighted by molar-refractivity contribution is 0.0941. The molecule has 0 radical (unpaired) electrons. The van der Waals surface area contributed by atoms with Gasteiger partial charge in [-0.3, -0.25) is 4.79 Å². The quantitative estimate of drug-likeness (QED) is 0.874. The number of hydrogen-bond donors (Lipinski definition) is 2. The summed E-state index contributed by atoms with van der Waals surface area (Å²) >= 11 is 6.38. The second-order valence-electron chi connectivity index (χ2n) is 6.00. The van der Waals surface area contributed by atoms with E-state index in [1.165, 1.54) is 0 Å². The Hall–Kier alpha value is -1.98. The number of aromatic nitrogens is 1. The van der Waals surface area contributed by atoms with Crippen LogP contribution in [0.4, 0.5) is 0 Å². The van der Waals surface area contributed by atoms with Gasteiger partial charge in [0.05, 0.1) is 23.4 Å². The zero-order valence-corrected chi connectivity index (χ0v) is 14.5. The molecule has 1 aliphatic heterocycles. The summed E-state index contributed by atoms with van der Waals surface area (Å²) in [7, 11) is 1.56. The highest BCUT2D eigenvalue weighted by Gasteiger charge is 2.19. The van der Waals surface area contributed by atoms with Gasteiger partial charge < -0.3 is 19.9 Å². The molecule has 1 saturated heterocycles. The lowest BCUT2D eigenvalue weighted by Crippen LogP contribution is -2.36. The second-order valence-corrected chi connectivity index (χ2v) is 6.40. The minimum Gasteiger partial charge on any atom is -0.496 e. The Morgan fingerprint density at radius 2 is 2.04 bits per heavy atom. The average molecular weight is 348 g/mol. The number of nitrogens with one attached hydrogen (secondary N) is 2. The van der Waals surface area contributed by atoms with E-state index in [1.807, 2.05) is 29.1 Å². The van der Waals surface area contributed by atoms with E-state index in [0.717, 1.165) is 31.6 Å². The van der Waals surface area contributed by atoms with E-state index < -0.39 is 0 Å². The fourth-order valence-electron chi connectivity index (χ4n) is 3.00. The summed E-state index contributed by atoms with van der Waals surface area (Å²) in [5.74, 6) is 0.896. The number of methoxy groups -OCH3 is 1. The summed E-state index contributed by atoms with van der Waals surface area (Å²) in [6, 6.07) is 7.31. The molecule has 2 heterocycles.